The summed E-state index contributed by atoms with van der Waals surface area (Å²) in [5, 5.41) is 7.59. The lowest BCUT2D eigenvalue weighted by Gasteiger charge is -2.30. The van der Waals surface area contributed by atoms with Gasteiger partial charge in [-0.1, -0.05) is 95.1 Å². The van der Waals surface area contributed by atoms with E-state index in [4.69, 9.17) is 32.7 Å². The second-order valence-electron chi connectivity index (χ2n) is 13.2. The molecule has 4 aromatic rings. The zero-order chi connectivity index (χ0) is 37.3. The fourth-order valence-electron chi connectivity index (χ4n) is 4.95. The Morgan fingerprint density at radius 1 is 0.863 bits per heavy atom. The van der Waals surface area contributed by atoms with Crippen molar-refractivity contribution >= 4 is 75.6 Å². The molecule has 0 aliphatic heterocycles. The quantitative estimate of drug-likeness (QED) is 0.0542. The first-order chi connectivity index (χ1) is 24.1. The Morgan fingerprint density at radius 2 is 1.61 bits per heavy atom. The number of Topliss-reactive ketones (excluding diaryl/α,β-unsaturated/α-hetero) is 1. The van der Waals surface area contributed by atoms with Crippen LogP contribution in [0.15, 0.2) is 84.3 Å². The highest BCUT2D eigenvalue weighted by atomic mass is 35.5. The molecule has 0 spiro atoms. The fourth-order valence-corrected chi connectivity index (χ4v) is 5.91. The molecule has 4 rings (SSSR count). The summed E-state index contributed by atoms with van der Waals surface area (Å²) in [6.07, 6.45) is 2.60. The van der Waals surface area contributed by atoms with Gasteiger partial charge < -0.3 is 20.1 Å². The standard InChI is InChI=1S/C40H42Cl2N2O6S/c1-7-39(3,4)26-14-18-33(30(22-26)40(5,6)8-2)49-24-34(45)43-28-12-9-11-25(21-28)36(47)37(50-35(46)19-16-29-13-10-20-51-29)38(48)44-32-23-27(41)15-17-31(32)42/h9-23,37H,7-8,24H2,1-6H3,(H,43,45)(H,44,48)/b19-16+/t37-/m0/s1. The molecule has 0 radical (unpaired) electrons. The first-order valence-corrected chi connectivity index (χ1v) is 18.2. The van der Waals surface area contributed by atoms with Crippen molar-refractivity contribution in [2.24, 2.45) is 0 Å². The largest absolute Gasteiger partial charge is 0.483 e. The van der Waals surface area contributed by atoms with Crippen LogP contribution in [-0.2, 0) is 30.0 Å². The third kappa shape index (κ3) is 10.5. The van der Waals surface area contributed by atoms with Crippen LogP contribution in [0.3, 0.4) is 0 Å². The lowest BCUT2D eigenvalue weighted by atomic mass is 9.76. The molecule has 0 unspecified atom stereocenters. The lowest BCUT2D eigenvalue weighted by Crippen LogP contribution is -2.39. The third-order valence-electron chi connectivity index (χ3n) is 8.87. The lowest BCUT2D eigenvalue weighted by molar-refractivity contribution is -0.146. The minimum absolute atomic E-state index is 0.0158. The number of rotatable bonds is 15. The number of carbonyl (C=O) groups is 4. The van der Waals surface area contributed by atoms with Crippen LogP contribution >= 0.6 is 34.5 Å². The van der Waals surface area contributed by atoms with E-state index >= 15 is 0 Å². The van der Waals surface area contributed by atoms with E-state index in [-0.39, 0.29) is 39.4 Å². The number of hydrogen-bond donors (Lipinski definition) is 2. The zero-order valence-electron chi connectivity index (χ0n) is 29.5. The Labute approximate surface area is 313 Å². The van der Waals surface area contributed by atoms with Gasteiger partial charge in [-0.05, 0) is 83.2 Å². The Kier molecular flexibility index (Phi) is 13.3. The molecular formula is C40H42Cl2N2O6S. The molecule has 11 heteroatoms. The molecule has 0 aliphatic carbocycles. The third-order valence-corrected chi connectivity index (χ3v) is 10.3. The van der Waals surface area contributed by atoms with Gasteiger partial charge in [-0.15, -0.1) is 11.3 Å². The van der Waals surface area contributed by atoms with Crippen molar-refractivity contribution in [1.29, 1.82) is 0 Å². The van der Waals surface area contributed by atoms with E-state index < -0.39 is 29.7 Å². The summed E-state index contributed by atoms with van der Waals surface area (Å²) in [4.78, 5) is 53.9. The van der Waals surface area contributed by atoms with Gasteiger partial charge in [0.2, 0.25) is 11.9 Å². The van der Waals surface area contributed by atoms with Gasteiger partial charge in [0.05, 0.1) is 10.7 Å². The first kappa shape index (κ1) is 39.3. The second-order valence-corrected chi connectivity index (χ2v) is 15.1. The average molecular weight is 750 g/mol. The van der Waals surface area contributed by atoms with E-state index in [0.29, 0.717) is 10.8 Å². The van der Waals surface area contributed by atoms with Crippen molar-refractivity contribution in [3.05, 3.63) is 116 Å². The van der Waals surface area contributed by atoms with Gasteiger partial charge in [0.25, 0.3) is 11.8 Å². The van der Waals surface area contributed by atoms with E-state index in [2.05, 4.69) is 58.2 Å². The maximum absolute atomic E-state index is 13.8. The maximum Gasteiger partial charge on any atom is 0.332 e. The van der Waals surface area contributed by atoms with Crippen LogP contribution in [0.2, 0.25) is 10.0 Å². The fraction of sp³-hybridized carbons (Fsp3) is 0.300. The SMILES string of the molecule is CCC(C)(C)c1ccc(OCC(=O)Nc2cccc(C(=O)[C@H](OC(=O)/C=C/c3cccs3)C(=O)Nc3cc(Cl)ccc3Cl)c2)c(C(C)(C)CC)c1. The van der Waals surface area contributed by atoms with Crippen LogP contribution in [-0.4, -0.2) is 36.3 Å². The summed E-state index contributed by atoms with van der Waals surface area (Å²) in [6.45, 7) is 12.7. The van der Waals surface area contributed by atoms with Gasteiger partial charge in [0.1, 0.15) is 5.75 Å². The van der Waals surface area contributed by atoms with Crippen molar-refractivity contribution in [1.82, 2.24) is 0 Å². The molecular weight excluding hydrogens is 707 g/mol. The number of amides is 2. The normalized spacial score (nSPS) is 12.3. The molecule has 51 heavy (non-hydrogen) atoms. The van der Waals surface area contributed by atoms with Crippen LogP contribution in [0, 0.1) is 0 Å². The van der Waals surface area contributed by atoms with Crippen molar-refractivity contribution in [2.75, 3.05) is 17.2 Å². The maximum atomic E-state index is 13.8. The molecule has 0 bridgehead atoms. The van der Waals surface area contributed by atoms with Crippen LogP contribution < -0.4 is 15.4 Å². The molecule has 268 valence electrons. The van der Waals surface area contributed by atoms with Crippen molar-refractivity contribution in [3.8, 4) is 5.75 Å². The van der Waals surface area contributed by atoms with Gasteiger partial charge >= 0.3 is 5.97 Å². The Bertz CT molecular complexity index is 1920. The number of thiophene rings is 1. The highest BCUT2D eigenvalue weighted by Gasteiger charge is 2.32. The molecule has 0 fully saturated rings. The monoisotopic (exact) mass is 748 g/mol. The summed E-state index contributed by atoms with van der Waals surface area (Å²) in [5.74, 6) is -2.50. The van der Waals surface area contributed by atoms with Crippen LogP contribution in [0.25, 0.3) is 6.08 Å². The average Bonchev–Trinajstić information content (AvgIpc) is 3.64. The molecule has 0 saturated carbocycles. The molecule has 2 N–H and O–H groups in total. The van der Waals surface area contributed by atoms with Crippen LogP contribution in [0.5, 0.6) is 5.75 Å². The van der Waals surface area contributed by atoms with Crippen molar-refractivity contribution in [2.45, 2.75) is 71.3 Å². The number of carbonyl (C=O) groups excluding carboxylic acids is 4. The number of esters is 1. The summed E-state index contributed by atoms with van der Waals surface area (Å²) < 4.78 is 11.5. The van der Waals surface area contributed by atoms with E-state index in [1.807, 2.05) is 23.6 Å². The van der Waals surface area contributed by atoms with E-state index in [1.165, 1.54) is 53.3 Å². The minimum atomic E-state index is -1.89. The van der Waals surface area contributed by atoms with E-state index in [9.17, 15) is 19.2 Å². The molecule has 3 aromatic carbocycles. The zero-order valence-corrected chi connectivity index (χ0v) is 31.8. The molecule has 0 saturated heterocycles. The van der Waals surface area contributed by atoms with Gasteiger partial charge in [-0.3, -0.25) is 14.4 Å². The number of ketones is 1. The van der Waals surface area contributed by atoms with Gasteiger partial charge in [-0.2, -0.15) is 0 Å². The molecule has 0 aliphatic rings. The summed E-state index contributed by atoms with van der Waals surface area (Å²) in [6, 6.07) is 20.2. The number of ether oxygens (including phenoxy) is 2. The van der Waals surface area contributed by atoms with Crippen LogP contribution in [0.4, 0.5) is 11.4 Å². The first-order valence-electron chi connectivity index (χ1n) is 16.5. The Hall–Kier alpha value is -4.44. The van der Waals surface area contributed by atoms with Crippen molar-refractivity contribution < 1.29 is 28.7 Å². The highest BCUT2D eigenvalue weighted by molar-refractivity contribution is 7.10. The summed E-state index contributed by atoms with van der Waals surface area (Å²) in [5.41, 5.74) is 2.45. The predicted molar refractivity (Wildman–Crippen MR) is 206 cm³/mol. The number of nitrogens with one attached hydrogen (secondary N) is 2. The number of hydrogen-bond acceptors (Lipinski definition) is 7. The van der Waals surface area contributed by atoms with Gasteiger partial charge in [0.15, 0.2) is 6.61 Å². The van der Waals surface area contributed by atoms with E-state index in [0.717, 1.165) is 29.4 Å². The molecule has 2 amide bonds. The van der Waals surface area contributed by atoms with Gasteiger partial charge in [0, 0.05) is 32.8 Å². The van der Waals surface area contributed by atoms with Crippen LogP contribution in [0.1, 0.15) is 80.7 Å². The predicted octanol–water partition coefficient (Wildman–Crippen LogP) is 9.89. The minimum Gasteiger partial charge on any atom is -0.483 e. The smallest absolute Gasteiger partial charge is 0.332 e. The summed E-state index contributed by atoms with van der Waals surface area (Å²) >= 11 is 13.7. The van der Waals surface area contributed by atoms with Gasteiger partial charge in [-0.25, -0.2) is 4.79 Å². The number of halogens is 2. The number of anilines is 2. The molecule has 1 heterocycles. The Balaban J connectivity index is 1.52. The van der Waals surface area contributed by atoms with E-state index in [1.54, 1.807) is 18.2 Å². The van der Waals surface area contributed by atoms with Crippen molar-refractivity contribution in [3.63, 3.8) is 0 Å². The molecule has 1 atom stereocenters. The topological polar surface area (TPSA) is 111 Å². The number of benzene rings is 3. The Morgan fingerprint density at radius 3 is 2.29 bits per heavy atom. The second kappa shape index (κ2) is 17.2. The molecule has 8 nitrogen and oxygen atoms in total. The molecule has 1 aromatic heterocycles. The highest BCUT2D eigenvalue weighted by Crippen LogP contribution is 2.38. The summed E-state index contributed by atoms with van der Waals surface area (Å²) in [7, 11) is 0.